The van der Waals surface area contributed by atoms with Crippen LogP contribution in [-0.2, 0) is 9.53 Å². The third-order valence-electron chi connectivity index (χ3n) is 5.03. The maximum atomic E-state index is 12.6. The number of esters is 1. The molecule has 0 aromatic heterocycles. The first-order valence-corrected chi connectivity index (χ1v) is 10.9. The van der Waals surface area contributed by atoms with Crippen molar-refractivity contribution < 1.29 is 19.1 Å². The Hall–Kier alpha value is -3.33. The van der Waals surface area contributed by atoms with Crippen LogP contribution in [0.3, 0.4) is 0 Å². The number of nitrogens with one attached hydrogen (secondary N) is 3. The predicted molar refractivity (Wildman–Crippen MR) is 126 cm³/mol. The Morgan fingerprint density at radius 1 is 1.12 bits per heavy atom. The van der Waals surface area contributed by atoms with Crippen molar-refractivity contribution in [1.29, 1.82) is 0 Å². The van der Waals surface area contributed by atoms with Crippen molar-refractivity contribution >= 4 is 45.3 Å². The molecule has 3 N–H and O–H groups in total. The first-order chi connectivity index (χ1) is 15.3. The van der Waals surface area contributed by atoms with Crippen molar-refractivity contribution in [2.45, 2.75) is 26.3 Å². The Labute approximate surface area is 195 Å². The molecule has 0 aliphatic carbocycles. The van der Waals surface area contributed by atoms with Gasteiger partial charge in [0, 0.05) is 28.1 Å². The molecular formula is C23H25BrN4O4. The van der Waals surface area contributed by atoms with E-state index in [0.717, 1.165) is 10.9 Å². The molecule has 1 unspecified atom stereocenters. The lowest BCUT2D eigenvalue weighted by atomic mass is 9.94. The summed E-state index contributed by atoms with van der Waals surface area (Å²) in [5.41, 5.74) is 2.87. The summed E-state index contributed by atoms with van der Waals surface area (Å²) in [5, 5.41) is 8.40. The first-order valence-electron chi connectivity index (χ1n) is 10.1. The minimum atomic E-state index is -0.646. The number of allylic oxidation sites excluding steroid dienone is 1. The number of nitrogens with zero attached hydrogens (tertiary/aromatic N) is 1. The van der Waals surface area contributed by atoms with E-state index in [-0.39, 0.29) is 12.1 Å². The number of amides is 4. The molecule has 2 aromatic rings. The van der Waals surface area contributed by atoms with Crippen LogP contribution in [0.1, 0.15) is 31.9 Å². The third kappa shape index (κ3) is 5.28. The van der Waals surface area contributed by atoms with Crippen LogP contribution in [0.15, 0.2) is 64.3 Å². The zero-order valence-electron chi connectivity index (χ0n) is 18.1. The van der Waals surface area contributed by atoms with Gasteiger partial charge in [0.15, 0.2) is 0 Å². The van der Waals surface area contributed by atoms with Gasteiger partial charge in [-0.3, -0.25) is 4.90 Å². The smallest absolute Gasteiger partial charge is 0.337 e. The molecule has 0 bridgehead atoms. The molecule has 3 rings (SSSR count). The summed E-state index contributed by atoms with van der Waals surface area (Å²) in [6.07, 6.45) is 0.756. The lowest BCUT2D eigenvalue weighted by Gasteiger charge is -2.35. The number of halogens is 1. The van der Waals surface area contributed by atoms with Crippen LogP contribution in [0.5, 0.6) is 0 Å². The molecule has 0 spiro atoms. The van der Waals surface area contributed by atoms with Crippen molar-refractivity contribution in [3.63, 3.8) is 0 Å². The van der Waals surface area contributed by atoms with Gasteiger partial charge < -0.3 is 20.7 Å². The standard InChI is InChI=1S/C23H25BrN4O4/c1-4-12-28-14(2)19(21(29)32-3)20(27-23(28)31)15-8-10-17(11-9-15)25-22(30)26-18-7-5-6-16(24)13-18/h5-11,13,20H,4,12H2,1-3H3,(H,27,31)(H2,25,26,30). The Morgan fingerprint density at radius 2 is 1.81 bits per heavy atom. The van der Waals surface area contributed by atoms with E-state index in [0.29, 0.717) is 34.8 Å². The van der Waals surface area contributed by atoms with Gasteiger partial charge >= 0.3 is 18.0 Å². The molecule has 0 radical (unpaired) electrons. The number of carbonyl (C=O) groups is 3. The molecule has 0 saturated carbocycles. The summed E-state index contributed by atoms with van der Waals surface area (Å²) in [6.45, 7) is 4.21. The van der Waals surface area contributed by atoms with Gasteiger partial charge in [0.1, 0.15) is 0 Å². The highest BCUT2D eigenvalue weighted by Gasteiger charge is 2.35. The molecule has 9 heteroatoms. The van der Waals surface area contributed by atoms with Crippen molar-refractivity contribution in [1.82, 2.24) is 10.2 Å². The minimum Gasteiger partial charge on any atom is -0.466 e. The maximum absolute atomic E-state index is 12.6. The molecule has 1 heterocycles. The second-order valence-corrected chi connectivity index (χ2v) is 8.15. The number of hydrogen-bond acceptors (Lipinski definition) is 4. The van der Waals surface area contributed by atoms with Crippen molar-refractivity contribution in [3.8, 4) is 0 Å². The largest absolute Gasteiger partial charge is 0.466 e. The van der Waals surface area contributed by atoms with E-state index in [2.05, 4.69) is 31.9 Å². The molecule has 2 aromatic carbocycles. The highest BCUT2D eigenvalue weighted by atomic mass is 79.9. The quantitative estimate of drug-likeness (QED) is 0.485. The van der Waals surface area contributed by atoms with Gasteiger partial charge in [-0.1, -0.05) is 41.1 Å². The SMILES string of the molecule is CCCN1C(=O)NC(c2ccc(NC(=O)Nc3cccc(Br)c3)cc2)C(C(=O)OC)=C1C. The average molecular weight is 501 g/mol. The molecule has 168 valence electrons. The van der Waals surface area contributed by atoms with Gasteiger partial charge in [-0.15, -0.1) is 0 Å². The number of ether oxygens (including phenoxy) is 1. The lowest BCUT2D eigenvalue weighted by molar-refractivity contribution is -0.136. The predicted octanol–water partition coefficient (Wildman–Crippen LogP) is 5.02. The van der Waals surface area contributed by atoms with Crippen molar-refractivity contribution in [2.24, 2.45) is 0 Å². The van der Waals surface area contributed by atoms with Crippen LogP contribution in [0.2, 0.25) is 0 Å². The number of hydrogen-bond donors (Lipinski definition) is 3. The van der Waals surface area contributed by atoms with Crippen molar-refractivity contribution in [3.05, 3.63) is 69.8 Å². The van der Waals surface area contributed by atoms with E-state index in [4.69, 9.17) is 4.74 Å². The van der Waals surface area contributed by atoms with Gasteiger partial charge in [0.2, 0.25) is 0 Å². The van der Waals surface area contributed by atoms with E-state index < -0.39 is 12.0 Å². The van der Waals surface area contributed by atoms with Crippen LogP contribution >= 0.6 is 15.9 Å². The fourth-order valence-electron chi connectivity index (χ4n) is 3.52. The van der Waals surface area contributed by atoms with Gasteiger partial charge in [-0.2, -0.15) is 0 Å². The number of carbonyl (C=O) groups excluding carboxylic acids is 3. The Balaban J connectivity index is 1.78. The number of rotatable bonds is 6. The number of methoxy groups -OCH3 is 1. The van der Waals surface area contributed by atoms with E-state index in [1.165, 1.54) is 7.11 Å². The van der Waals surface area contributed by atoms with Crippen LogP contribution < -0.4 is 16.0 Å². The summed E-state index contributed by atoms with van der Waals surface area (Å²) in [4.78, 5) is 38.9. The highest BCUT2D eigenvalue weighted by molar-refractivity contribution is 9.10. The van der Waals surface area contributed by atoms with E-state index in [1.807, 2.05) is 19.1 Å². The topological polar surface area (TPSA) is 99.8 Å². The lowest BCUT2D eigenvalue weighted by Crippen LogP contribution is -2.48. The summed E-state index contributed by atoms with van der Waals surface area (Å²) >= 11 is 3.36. The van der Waals surface area contributed by atoms with Gasteiger partial charge in [-0.05, 0) is 49.2 Å². The van der Waals surface area contributed by atoms with E-state index >= 15 is 0 Å². The van der Waals surface area contributed by atoms with Crippen LogP contribution in [0.4, 0.5) is 21.0 Å². The maximum Gasteiger partial charge on any atom is 0.337 e. The second-order valence-electron chi connectivity index (χ2n) is 7.24. The van der Waals surface area contributed by atoms with E-state index in [1.54, 1.807) is 48.2 Å². The summed E-state index contributed by atoms with van der Waals surface area (Å²) in [5.74, 6) is -0.496. The van der Waals surface area contributed by atoms with E-state index in [9.17, 15) is 14.4 Å². The van der Waals surface area contributed by atoms with Crippen LogP contribution in [0.25, 0.3) is 0 Å². The van der Waals surface area contributed by atoms with Gasteiger partial charge in [0.25, 0.3) is 0 Å². The fraction of sp³-hybridized carbons (Fsp3) is 0.261. The van der Waals surface area contributed by atoms with Gasteiger partial charge in [0.05, 0.1) is 18.7 Å². The molecule has 1 aliphatic rings. The second kappa shape index (κ2) is 10.3. The zero-order chi connectivity index (χ0) is 23.3. The third-order valence-corrected chi connectivity index (χ3v) is 5.53. The fourth-order valence-corrected chi connectivity index (χ4v) is 3.92. The molecule has 0 fully saturated rings. The molecule has 0 saturated heterocycles. The summed E-state index contributed by atoms with van der Waals surface area (Å²) < 4.78 is 5.83. The van der Waals surface area contributed by atoms with Crippen LogP contribution in [0, 0.1) is 0 Å². The first kappa shape index (κ1) is 23.3. The zero-order valence-corrected chi connectivity index (χ0v) is 19.7. The monoisotopic (exact) mass is 500 g/mol. The molecule has 32 heavy (non-hydrogen) atoms. The van der Waals surface area contributed by atoms with Crippen molar-refractivity contribution in [2.75, 3.05) is 24.3 Å². The molecule has 4 amide bonds. The summed E-state index contributed by atoms with van der Waals surface area (Å²) in [7, 11) is 1.32. The minimum absolute atomic E-state index is 0.266. The Bertz CT molecular complexity index is 1050. The Kier molecular flexibility index (Phi) is 7.53. The summed E-state index contributed by atoms with van der Waals surface area (Å²) in [6, 6.07) is 12.9. The average Bonchev–Trinajstić information content (AvgIpc) is 2.76. The Morgan fingerprint density at radius 3 is 2.44 bits per heavy atom. The van der Waals surface area contributed by atoms with Crippen LogP contribution in [-0.4, -0.2) is 36.6 Å². The number of urea groups is 2. The number of anilines is 2. The molecule has 1 aliphatic heterocycles. The molecular weight excluding hydrogens is 476 g/mol. The highest BCUT2D eigenvalue weighted by Crippen LogP contribution is 2.32. The van der Waals surface area contributed by atoms with Gasteiger partial charge in [-0.25, -0.2) is 14.4 Å². The molecule has 1 atom stereocenters. The normalized spacial score (nSPS) is 15.8. The molecule has 8 nitrogen and oxygen atoms in total. The number of benzene rings is 2.